The number of hydrogen-bond acceptors (Lipinski definition) is 6. The zero-order valence-corrected chi connectivity index (χ0v) is 20.5. The lowest BCUT2D eigenvalue weighted by Crippen LogP contribution is -2.37. The molecule has 0 aliphatic heterocycles. The van der Waals surface area contributed by atoms with Crippen LogP contribution in [0.25, 0.3) is 17.1 Å². The second kappa shape index (κ2) is 10.4. The highest BCUT2D eigenvalue weighted by atomic mass is 35.5. The molecular formula is C22H18Cl2F3N7O3. The van der Waals surface area contributed by atoms with Gasteiger partial charge in [0.2, 0.25) is 5.82 Å². The van der Waals surface area contributed by atoms with Crippen molar-refractivity contribution in [2.75, 3.05) is 7.05 Å². The predicted molar refractivity (Wildman–Crippen MR) is 128 cm³/mol. The molecule has 15 heteroatoms. The van der Waals surface area contributed by atoms with Gasteiger partial charge in [-0.05, 0) is 36.4 Å². The first-order chi connectivity index (χ1) is 17.5. The summed E-state index contributed by atoms with van der Waals surface area (Å²) in [5, 5.41) is 21.1. The fourth-order valence-electron chi connectivity index (χ4n) is 3.40. The summed E-state index contributed by atoms with van der Waals surface area (Å²) in [5.74, 6) is -0.901. The van der Waals surface area contributed by atoms with Crippen LogP contribution in [0.3, 0.4) is 0 Å². The molecule has 2 heterocycles. The average Bonchev–Trinajstić information content (AvgIpc) is 3.40. The van der Waals surface area contributed by atoms with Crippen molar-refractivity contribution in [3.05, 3.63) is 80.7 Å². The summed E-state index contributed by atoms with van der Waals surface area (Å²) < 4.78 is 42.0. The molecule has 2 N–H and O–H groups in total. The van der Waals surface area contributed by atoms with Crippen LogP contribution < -0.4 is 11.0 Å². The van der Waals surface area contributed by atoms with E-state index in [1.807, 2.05) is 0 Å². The molecule has 37 heavy (non-hydrogen) atoms. The third-order valence-electron chi connectivity index (χ3n) is 5.21. The summed E-state index contributed by atoms with van der Waals surface area (Å²) in [6.07, 6.45) is -7.78. The van der Waals surface area contributed by atoms with Crippen LogP contribution in [0.1, 0.15) is 16.4 Å². The fraction of sp³-hybridized carbons (Fsp3) is 0.227. The van der Waals surface area contributed by atoms with Crippen LogP contribution in [0.4, 0.5) is 13.2 Å². The Hall–Kier alpha value is -3.68. The monoisotopic (exact) mass is 555 g/mol. The van der Waals surface area contributed by atoms with Gasteiger partial charge in [0.1, 0.15) is 6.54 Å². The van der Waals surface area contributed by atoms with E-state index >= 15 is 0 Å². The first kappa shape index (κ1) is 26.4. The number of aliphatic hydroxyl groups excluding tert-OH is 1. The van der Waals surface area contributed by atoms with Gasteiger partial charge in [-0.1, -0.05) is 35.3 Å². The lowest BCUT2D eigenvalue weighted by molar-refractivity contribution is -0.207. The SMILES string of the molecule is CNC(=O)c1nc(Cn2nc(-c3ccc(Cl)cc3)n(CC(O)C(F)(F)F)c2=O)nn1-c1ccccc1Cl. The fourth-order valence-corrected chi connectivity index (χ4v) is 3.75. The molecule has 10 nitrogen and oxygen atoms in total. The van der Waals surface area contributed by atoms with E-state index < -0.39 is 37.0 Å². The van der Waals surface area contributed by atoms with Crippen molar-refractivity contribution in [3.8, 4) is 17.1 Å². The van der Waals surface area contributed by atoms with E-state index in [2.05, 4.69) is 20.5 Å². The predicted octanol–water partition coefficient (Wildman–Crippen LogP) is 2.93. The zero-order valence-electron chi connectivity index (χ0n) is 18.9. The number of aromatic nitrogens is 6. The standard InChI is InChI=1S/C22H18Cl2F3N7O3/c1-28-20(36)19-29-17(30-34(19)15-5-3-2-4-14(15)24)11-33-21(37)32(10-16(35)22(25,26)27)18(31-33)12-6-8-13(23)9-7-12/h2-9,16,35H,10-11H2,1H3,(H,28,36). The minimum Gasteiger partial charge on any atom is -0.382 e. The molecule has 0 fully saturated rings. The Bertz CT molecular complexity index is 1500. The molecule has 2 aromatic carbocycles. The van der Waals surface area contributed by atoms with Gasteiger partial charge in [0.25, 0.3) is 5.91 Å². The molecule has 0 aliphatic carbocycles. The van der Waals surface area contributed by atoms with Gasteiger partial charge in [-0.2, -0.15) is 13.2 Å². The molecule has 1 atom stereocenters. The van der Waals surface area contributed by atoms with Crippen molar-refractivity contribution in [2.45, 2.75) is 25.4 Å². The summed E-state index contributed by atoms with van der Waals surface area (Å²) in [7, 11) is 1.39. The number of amides is 1. The van der Waals surface area contributed by atoms with E-state index in [4.69, 9.17) is 23.2 Å². The minimum absolute atomic E-state index is 0.0377. The van der Waals surface area contributed by atoms with E-state index in [1.165, 1.54) is 36.0 Å². The molecule has 0 spiro atoms. The quantitative estimate of drug-likeness (QED) is 0.362. The maximum absolute atomic E-state index is 13.1. The second-order valence-electron chi connectivity index (χ2n) is 7.73. The van der Waals surface area contributed by atoms with Crippen molar-refractivity contribution in [3.63, 3.8) is 0 Å². The Morgan fingerprint density at radius 2 is 1.78 bits per heavy atom. The van der Waals surface area contributed by atoms with Crippen LogP contribution in [0, 0.1) is 0 Å². The van der Waals surface area contributed by atoms with Crippen molar-refractivity contribution in [2.24, 2.45) is 0 Å². The van der Waals surface area contributed by atoms with Crippen LogP contribution in [0.15, 0.2) is 53.3 Å². The number of nitrogens with zero attached hydrogens (tertiary/aromatic N) is 6. The van der Waals surface area contributed by atoms with Gasteiger partial charge >= 0.3 is 11.9 Å². The summed E-state index contributed by atoms with van der Waals surface area (Å²) in [6.45, 7) is -1.48. The highest BCUT2D eigenvalue weighted by Crippen LogP contribution is 2.24. The third kappa shape index (κ3) is 5.53. The highest BCUT2D eigenvalue weighted by molar-refractivity contribution is 6.32. The summed E-state index contributed by atoms with van der Waals surface area (Å²) >= 11 is 12.1. The molecule has 0 radical (unpaired) electrons. The number of hydrogen-bond donors (Lipinski definition) is 2. The maximum Gasteiger partial charge on any atom is 0.416 e. The Balaban J connectivity index is 1.79. The average molecular weight is 556 g/mol. The Morgan fingerprint density at radius 3 is 2.41 bits per heavy atom. The number of alkyl halides is 3. The molecular weight excluding hydrogens is 538 g/mol. The number of para-hydroxylation sites is 1. The van der Waals surface area contributed by atoms with Gasteiger partial charge in [-0.15, -0.1) is 10.2 Å². The molecule has 0 saturated carbocycles. The number of carbonyl (C=O) groups excluding carboxylic acids is 1. The Morgan fingerprint density at radius 1 is 1.11 bits per heavy atom. The van der Waals surface area contributed by atoms with Crippen molar-refractivity contribution >= 4 is 29.1 Å². The second-order valence-corrected chi connectivity index (χ2v) is 8.58. The minimum atomic E-state index is -4.96. The molecule has 0 bridgehead atoms. The first-order valence-electron chi connectivity index (χ1n) is 10.6. The van der Waals surface area contributed by atoms with E-state index in [9.17, 15) is 27.9 Å². The maximum atomic E-state index is 13.1. The smallest absolute Gasteiger partial charge is 0.382 e. The lowest BCUT2D eigenvalue weighted by atomic mass is 10.2. The van der Waals surface area contributed by atoms with Crippen molar-refractivity contribution in [1.82, 2.24) is 34.4 Å². The van der Waals surface area contributed by atoms with Crippen molar-refractivity contribution < 1.29 is 23.1 Å². The number of carbonyl (C=O) groups is 1. The molecule has 194 valence electrons. The molecule has 4 aromatic rings. The number of nitrogens with one attached hydrogen (secondary N) is 1. The van der Waals surface area contributed by atoms with Gasteiger partial charge in [-0.3, -0.25) is 9.36 Å². The van der Waals surface area contributed by atoms with E-state index in [0.29, 0.717) is 15.3 Å². The summed E-state index contributed by atoms with van der Waals surface area (Å²) in [4.78, 5) is 29.7. The van der Waals surface area contributed by atoms with Gasteiger partial charge < -0.3 is 10.4 Å². The normalized spacial score (nSPS) is 12.5. The molecule has 1 amide bonds. The zero-order chi connectivity index (χ0) is 26.9. The largest absolute Gasteiger partial charge is 0.416 e. The van der Waals surface area contributed by atoms with Crippen LogP contribution in [-0.4, -0.2) is 59.5 Å². The van der Waals surface area contributed by atoms with E-state index in [0.717, 1.165) is 4.68 Å². The number of aliphatic hydroxyl groups is 1. The van der Waals surface area contributed by atoms with Crippen LogP contribution in [0.5, 0.6) is 0 Å². The third-order valence-corrected chi connectivity index (χ3v) is 5.78. The van der Waals surface area contributed by atoms with Gasteiger partial charge in [0.15, 0.2) is 17.8 Å². The topological polar surface area (TPSA) is 120 Å². The van der Waals surface area contributed by atoms with Crippen LogP contribution >= 0.6 is 23.2 Å². The lowest BCUT2D eigenvalue weighted by Gasteiger charge is -2.15. The Labute approximate surface area is 216 Å². The summed E-state index contributed by atoms with van der Waals surface area (Å²) in [5.41, 5.74) is -0.325. The first-order valence-corrected chi connectivity index (χ1v) is 11.4. The van der Waals surface area contributed by atoms with E-state index in [1.54, 1.807) is 24.3 Å². The molecule has 0 saturated heterocycles. The van der Waals surface area contributed by atoms with Gasteiger partial charge in [0.05, 0.1) is 17.3 Å². The molecule has 4 rings (SSSR count). The molecule has 0 aliphatic rings. The number of rotatable bonds is 7. The summed E-state index contributed by atoms with van der Waals surface area (Å²) in [6, 6.07) is 12.4. The number of halogens is 5. The van der Waals surface area contributed by atoms with E-state index in [-0.39, 0.29) is 28.1 Å². The van der Waals surface area contributed by atoms with Crippen LogP contribution in [0.2, 0.25) is 10.0 Å². The number of benzene rings is 2. The molecule has 2 aromatic heterocycles. The Kier molecular flexibility index (Phi) is 7.39. The molecule has 1 unspecified atom stereocenters. The van der Waals surface area contributed by atoms with Gasteiger partial charge in [0, 0.05) is 17.6 Å². The highest BCUT2D eigenvalue weighted by Gasteiger charge is 2.39. The van der Waals surface area contributed by atoms with Crippen LogP contribution in [-0.2, 0) is 13.1 Å². The van der Waals surface area contributed by atoms with Gasteiger partial charge in [-0.25, -0.2) is 19.1 Å². The van der Waals surface area contributed by atoms with Crippen molar-refractivity contribution in [1.29, 1.82) is 0 Å².